The number of ether oxygens (including phenoxy) is 1. The fraction of sp³-hybridized carbons (Fsp3) is 0.286. The lowest BCUT2D eigenvalue weighted by Crippen LogP contribution is -2.39. The van der Waals surface area contributed by atoms with Crippen molar-refractivity contribution in [2.75, 3.05) is 30.4 Å². The Kier molecular flexibility index (Phi) is 6.44. The van der Waals surface area contributed by atoms with Crippen molar-refractivity contribution in [2.24, 2.45) is 0 Å². The van der Waals surface area contributed by atoms with Crippen LogP contribution in [0.4, 0.5) is 11.5 Å². The molecular formula is C28H28N6O. The smallest absolute Gasteiger partial charge is 0.146 e. The molecule has 2 aromatic heterocycles. The fourth-order valence-electron chi connectivity index (χ4n) is 4.65. The molecule has 0 spiro atoms. The van der Waals surface area contributed by atoms with Crippen molar-refractivity contribution >= 4 is 22.3 Å². The molecule has 0 bridgehead atoms. The quantitative estimate of drug-likeness (QED) is 0.419. The molecule has 3 heterocycles. The third-order valence-corrected chi connectivity index (χ3v) is 6.54. The number of hydrogen-bond donors (Lipinski definition) is 1. The Bertz CT molecular complexity index is 1390. The summed E-state index contributed by atoms with van der Waals surface area (Å²) in [6.45, 7) is 3.75. The molecule has 0 radical (unpaired) electrons. The molecule has 0 saturated carbocycles. The summed E-state index contributed by atoms with van der Waals surface area (Å²) in [5, 5.41) is 15.5. The zero-order chi connectivity index (χ0) is 24.2. The van der Waals surface area contributed by atoms with Gasteiger partial charge in [0.05, 0.1) is 18.4 Å². The van der Waals surface area contributed by atoms with E-state index in [1.807, 2.05) is 30.5 Å². The average Bonchev–Trinajstić information content (AvgIpc) is 2.93. The van der Waals surface area contributed by atoms with Crippen LogP contribution in [0, 0.1) is 11.3 Å². The van der Waals surface area contributed by atoms with Gasteiger partial charge in [-0.15, -0.1) is 0 Å². The highest BCUT2D eigenvalue weighted by Crippen LogP contribution is 2.34. The van der Waals surface area contributed by atoms with E-state index in [0.29, 0.717) is 11.6 Å². The van der Waals surface area contributed by atoms with E-state index in [1.54, 1.807) is 13.3 Å². The van der Waals surface area contributed by atoms with Gasteiger partial charge >= 0.3 is 0 Å². The maximum absolute atomic E-state index is 9.44. The third kappa shape index (κ3) is 4.73. The van der Waals surface area contributed by atoms with E-state index in [-0.39, 0.29) is 0 Å². The molecule has 1 saturated heterocycles. The normalized spacial score (nSPS) is 14.0. The van der Waals surface area contributed by atoms with Gasteiger partial charge < -0.3 is 15.0 Å². The van der Waals surface area contributed by atoms with Crippen LogP contribution in [0.15, 0.2) is 60.9 Å². The maximum Gasteiger partial charge on any atom is 0.146 e. The minimum Gasteiger partial charge on any atom is -0.497 e. The van der Waals surface area contributed by atoms with Gasteiger partial charge in [-0.1, -0.05) is 13.0 Å². The molecule has 7 heteroatoms. The molecule has 0 amide bonds. The lowest BCUT2D eigenvalue weighted by molar-refractivity contribution is 0.415. The number of methoxy groups -OCH3 is 1. The molecule has 0 unspecified atom stereocenters. The number of rotatable bonds is 6. The molecule has 1 fully saturated rings. The Morgan fingerprint density at radius 2 is 1.94 bits per heavy atom. The molecule has 1 aliphatic heterocycles. The van der Waals surface area contributed by atoms with Crippen LogP contribution < -0.4 is 15.0 Å². The highest BCUT2D eigenvalue weighted by Gasteiger charge is 2.22. The summed E-state index contributed by atoms with van der Waals surface area (Å²) in [6.07, 6.45) is 6.28. The third-order valence-electron chi connectivity index (χ3n) is 6.54. The van der Waals surface area contributed by atoms with Gasteiger partial charge in [0.25, 0.3) is 0 Å². The minimum absolute atomic E-state index is 0.307. The molecule has 5 rings (SSSR count). The minimum atomic E-state index is 0.307. The number of benzene rings is 2. The van der Waals surface area contributed by atoms with E-state index >= 15 is 0 Å². The first-order valence-corrected chi connectivity index (χ1v) is 12.0. The van der Waals surface area contributed by atoms with Crippen LogP contribution >= 0.6 is 0 Å². The number of hydrogen-bond acceptors (Lipinski definition) is 7. The lowest BCUT2D eigenvalue weighted by atomic mass is 9.99. The molecule has 35 heavy (non-hydrogen) atoms. The predicted molar refractivity (Wildman–Crippen MR) is 139 cm³/mol. The second kappa shape index (κ2) is 9.98. The van der Waals surface area contributed by atoms with E-state index in [0.717, 1.165) is 77.5 Å². The van der Waals surface area contributed by atoms with Gasteiger partial charge in [0.2, 0.25) is 0 Å². The number of nitrogens with zero attached hydrogens (tertiary/aromatic N) is 5. The number of aromatic nitrogens is 3. The zero-order valence-corrected chi connectivity index (χ0v) is 20.0. The SMILES string of the molecule is CCc1nccc(-c2cc(NC3CCN(c4ncccc4C#N)CC3)c3cc(OC)ccc3c2)n1. The van der Waals surface area contributed by atoms with E-state index in [2.05, 4.69) is 57.4 Å². The van der Waals surface area contributed by atoms with Crippen LogP contribution in [0.1, 0.15) is 31.2 Å². The average molecular weight is 465 g/mol. The number of piperidine rings is 1. The van der Waals surface area contributed by atoms with Gasteiger partial charge in [-0.25, -0.2) is 15.0 Å². The second-order valence-corrected chi connectivity index (χ2v) is 8.71. The standard InChI is InChI=1S/C28H28N6O/c1-3-27-30-12-8-25(33-27)21-15-19-6-7-23(35-2)17-24(19)26(16-21)32-22-9-13-34(14-10-22)28-20(18-29)5-4-11-31-28/h4-8,11-12,15-17,22,32H,3,9-10,13-14H2,1-2H3. The first kappa shape index (κ1) is 22.6. The number of fused-ring (bicyclic) bond motifs is 1. The summed E-state index contributed by atoms with van der Waals surface area (Å²) >= 11 is 0. The number of nitrogens with one attached hydrogen (secondary N) is 1. The fourth-order valence-corrected chi connectivity index (χ4v) is 4.65. The molecule has 0 atom stereocenters. The number of aryl methyl sites for hydroxylation is 1. The van der Waals surface area contributed by atoms with Gasteiger partial charge in [-0.3, -0.25) is 0 Å². The summed E-state index contributed by atoms with van der Waals surface area (Å²) in [7, 11) is 1.69. The topological polar surface area (TPSA) is 87.0 Å². The number of anilines is 2. The first-order chi connectivity index (χ1) is 17.2. The van der Waals surface area contributed by atoms with Gasteiger partial charge in [0.15, 0.2) is 0 Å². The van der Waals surface area contributed by atoms with Crippen LogP contribution in [-0.2, 0) is 6.42 Å². The summed E-state index contributed by atoms with van der Waals surface area (Å²) in [5.74, 6) is 2.45. The Labute approximate surface area is 205 Å². The molecule has 7 nitrogen and oxygen atoms in total. The van der Waals surface area contributed by atoms with E-state index < -0.39 is 0 Å². The molecule has 176 valence electrons. The molecular weight excluding hydrogens is 436 g/mol. The van der Waals surface area contributed by atoms with Crippen LogP contribution in [0.25, 0.3) is 22.0 Å². The lowest BCUT2D eigenvalue weighted by Gasteiger charge is -2.34. The first-order valence-electron chi connectivity index (χ1n) is 12.0. The zero-order valence-electron chi connectivity index (χ0n) is 20.0. The predicted octanol–water partition coefficient (Wildman–Crippen LogP) is 5.22. The van der Waals surface area contributed by atoms with Gasteiger partial charge in [-0.05, 0) is 60.7 Å². The van der Waals surface area contributed by atoms with Crippen LogP contribution in [0.3, 0.4) is 0 Å². The van der Waals surface area contributed by atoms with Crippen molar-refractivity contribution < 1.29 is 4.74 Å². The summed E-state index contributed by atoms with van der Waals surface area (Å²) in [6, 6.07) is 18.7. The molecule has 0 aliphatic carbocycles. The highest BCUT2D eigenvalue weighted by atomic mass is 16.5. The van der Waals surface area contributed by atoms with Gasteiger partial charge in [0, 0.05) is 54.6 Å². The monoisotopic (exact) mass is 464 g/mol. The molecule has 2 aromatic carbocycles. The van der Waals surface area contributed by atoms with E-state index in [4.69, 9.17) is 9.72 Å². The number of nitriles is 1. The Hall–Kier alpha value is -4.18. The van der Waals surface area contributed by atoms with Crippen molar-refractivity contribution in [1.82, 2.24) is 15.0 Å². The van der Waals surface area contributed by atoms with Crippen molar-refractivity contribution in [1.29, 1.82) is 5.26 Å². The highest BCUT2D eigenvalue weighted by molar-refractivity contribution is 5.98. The Balaban J connectivity index is 1.43. The van der Waals surface area contributed by atoms with Gasteiger partial charge in [0.1, 0.15) is 23.5 Å². The molecule has 4 aromatic rings. The van der Waals surface area contributed by atoms with Crippen LogP contribution in [0.2, 0.25) is 0 Å². The Morgan fingerprint density at radius 3 is 2.71 bits per heavy atom. The number of pyridine rings is 1. The summed E-state index contributed by atoms with van der Waals surface area (Å²) < 4.78 is 5.51. The maximum atomic E-state index is 9.44. The second-order valence-electron chi connectivity index (χ2n) is 8.71. The van der Waals surface area contributed by atoms with Crippen LogP contribution in [-0.4, -0.2) is 41.2 Å². The Morgan fingerprint density at radius 1 is 1.09 bits per heavy atom. The van der Waals surface area contributed by atoms with Crippen molar-refractivity contribution in [3.63, 3.8) is 0 Å². The van der Waals surface area contributed by atoms with E-state index in [9.17, 15) is 5.26 Å². The summed E-state index contributed by atoms with van der Waals surface area (Å²) in [4.78, 5) is 15.8. The van der Waals surface area contributed by atoms with Crippen molar-refractivity contribution in [2.45, 2.75) is 32.2 Å². The van der Waals surface area contributed by atoms with Crippen molar-refractivity contribution in [3.05, 3.63) is 72.3 Å². The largest absolute Gasteiger partial charge is 0.497 e. The summed E-state index contributed by atoms with van der Waals surface area (Å²) in [5.41, 5.74) is 3.68. The van der Waals surface area contributed by atoms with Crippen molar-refractivity contribution in [3.8, 4) is 23.1 Å². The van der Waals surface area contributed by atoms with E-state index in [1.165, 1.54) is 0 Å². The van der Waals surface area contributed by atoms with Crippen LogP contribution in [0.5, 0.6) is 5.75 Å². The molecule has 1 N–H and O–H groups in total. The van der Waals surface area contributed by atoms with Gasteiger partial charge in [-0.2, -0.15) is 5.26 Å². The molecule has 1 aliphatic rings.